The number of ether oxygens (including phenoxy) is 1. The molecule has 1 heterocycles. The van der Waals surface area contributed by atoms with E-state index in [1.807, 2.05) is 0 Å². The molecule has 0 amide bonds. The number of halogens is 1. The van der Waals surface area contributed by atoms with Gasteiger partial charge in [0, 0.05) is 11.9 Å². The zero-order chi connectivity index (χ0) is 9.84. The van der Waals surface area contributed by atoms with Gasteiger partial charge < -0.3 is 4.74 Å². The van der Waals surface area contributed by atoms with Crippen LogP contribution in [0.2, 0.25) is 0 Å². The fourth-order valence-corrected chi connectivity index (χ4v) is 1.78. The maximum absolute atomic E-state index is 7.49. The van der Waals surface area contributed by atoms with Crippen LogP contribution in [0.1, 0.15) is 27.6 Å². The predicted molar refractivity (Wildman–Crippen MR) is 55.7 cm³/mol. The summed E-state index contributed by atoms with van der Waals surface area (Å²) in [6, 6.07) is 0. The molecule has 0 N–H and O–H groups in total. The van der Waals surface area contributed by atoms with Gasteiger partial charge in [-0.1, -0.05) is 29.4 Å². The second kappa shape index (κ2) is 5.03. The molecule has 0 saturated carbocycles. The fourth-order valence-electron chi connectivity index (χ4n) is 1.50. The smallest absolute Gasteiger partial charge is 0.0808 e. The Morgan fingerprint density at radius 2 is 2.58 bits per heavy atom. The molecule has 0 spiro atoms. The molecule has 1 nitrogen and oxygen atoms in total. The van der Waals surface area contributed by atoms with E-state index in [4.69, 9.17) is 6.11 Å². The summed E-state index contributed by atoms with van der Waals surface area (Å²) < 4.78 is 13.0. The molecule has 0 unspecified atom stereocenters. The van der Waals surface area contributed by atoms with Crippen LogP contribution in [0.15, 0.2) is 12.2 Å². The lowest BCUT2D eigenvalue weighted by atomic mass is 9.96. The Bertz CT molecular complexity index is 184. The van der Waals surface area contributed by atoms with Crippen LogP contribution < -0.4 is 0 Å². The summed E-state index contributed by atoms with van der Waals surface area (Å²) in [5.41, 5.74) is 1.15. The third-order valence-electron chi connectivity index (χ3n) is 2.26. The average Bonchev–Trinajstić information content (AvgIpc) is 2.41. The topological polar surface area (TPSA) is 9.23 Å². The van der Waals surface area contributed by atoms with Crippen LogP contribution in [0.4, 0.5) is 0 Å². The van der Waals surface area contributed by atoms with Gasteiger partial charge in [0.2, 0.25) is 0 Å². The molecule has 0 bridgehead atoms. The molecular formula is C10H17BrO. The molecule has 0 radical (unpaired) electrons. The Balaban J connectivity index is 2.38. The van der Waals surface area contributed by atoms with Crippen molar-refractivity contribution >= 4 is 15.9 Å². The van der Waals surface area contributed by atoms with E-state index in [-0.39, 0.29) is 12.7 Å². The highest BCUT2D eigenvalue weighted by molar-refractivity contribution is 9.09. The van der Waals surface area contributed by atoms with Gasteiger partial charge in [-0.05, 0) is 30.8 Å². The van der Waals surface area contributed by atoms with Crippen molar-refractivity contribution in [1.29, 1.82) is 0 Å². The van der Waals surface area contributed by atoms with Crippen LogP contribution in [-0.2, 0) is 4.74 Å². The fraction of sp³-hybridized carbons (Fsp3) is 0.800. The Morgan fingerprint density at radius 1 is 1.83 bits per heavy atom. The third-order valence-corrected chi connectivity index (χ3v) is 2.82. The van der Waals surface area contributed by atoms with Crippen LogP contribution in [0.3, 0.4) is 0 Å². The molecule has 3 atom stereocenters. The summed E-state index contributed by atoms with van der Waals surface area (Å²) >= 11 is 3.39. The summed E-state index contributed by atoms with van der Waals surface area (Å²) in [5.74, 6) is 0.463. The minimum absolute atomic E-state index is 0.126. The van der Waals surface area contributed by atoms with Crippen LogP contribution >= 0.6 is 15.9 Å². The molecule has 2 heteroatoms. The van der Waals surface area contributed by atoms with Crippen molar-refractivity contribution in [3.63, 3.8) is 0 Å². The highest BCUT2D eigenvalue weighted by Crippen LogP contribution is 2.27. The molecule has 0 aromatic heterocycles. The van der Waals surface area contributed by atoms with E-state index in [0.717, 1.165) is 30.2 Å². The molecule has 1 rings (SSSR count). The molecule has 0 aromatic rings. The summed E-state index contributed by atoms with van der Waals surface area (Å²) in [4.78, 5) is 0. The summed E-state index contributed by atoms with van der Waals surface area (Å²) in [7, 11) is 0. The molecular weight excluding hydrogens is 216 g/mol. The van der Waals surface area contributed by atoms with E-state index in [0.29, 0.717) is 5.92 Å². The summed E-state index contributed by atoms with van der Waals surface area (Å²) in [6.07, 6.45) is 3.08. The minimum atomic E-state index is -0.333. The second-order valence-corrected chi connectivity index (χ2v) is 4.18. The maximum atomic E-state index is 7.49. The van der Waals surface area contributed by atoms with Gasteiger partial charge in [-0.3, -0.25) is 0 Å². The lowest BCUT2D eigenvalue weighted by molar-refractivity contribution is 0.119. The summed E-state index contributed by atoms with van der Waals surface area (Å²) in [6.45, 7) is 5.83. The Hall–Kier alpha value is 0.180. The first-order valence-electron chi connectivity index (χ1n) is 5.04. The normalized spacial score (nSPS) is 36.5. The highest BCUT2D eigenvalue weighted by atomic mass is 79.9. The monoisotopic (exact) mass is 234 g/mol. The zero-order valence-electron chi connectivity index (χ0n) is 8.55. The van der Waals surface area contributed by atoms with Crippen molar-refractivity contribution in [2.24, 2.45) is 5.92 Å². The van der Waals surface area contributed by atoms with E-state index in [1.54, 1.807) is 0 Å². The van der Waals surface area contributed by atoms with Crippen molar-refractivity contribution in [2.75, 3.05) is 11.9 Å². The quantitative estimate of drug-likeness (QED) is 0.537. The van der Waals surface area contributed by atoms with E-state index in [9.17, 15) is 0 Å². The van der Waals surface area contributed by atoms with Gasteiger partial charge in [-0.15, -0.1) is 0 Å². The Morgan fingerprint density at radius 3 is 3.08 bits per heavy atom. The number of hydrogen-bond donors (Lipinski definition) is 0. The van der Waals surface area contributed by atoms with Gasteiger partial charge in [0.1, 0.15) is 0 Å². The van der Waals surface area contributed by atoms with Crippen molar-refractivity contribution < 1.29 is 6.11 Å². The van der Waals surface area contributed by atoms with Gasteiger partial charge >= 0.3 is 0 Å². The SMILES string of the molecule is [3H][C@@H]1C[C@H](C)[C@@H](C(=C)CCCBr)O1. The molecule has 0 aromatic carbocycles. The second-order valence-electron chi connectivity index (χ2n) is 3.39. The first-order valence-corrected chi connectivity index (χ1v) is 5.58. The maximum Gasteiger partial charge on any atom is 0.0808 e. The Kier molecular flexibility index (Phi) is 3.67. The lowest BCUT2D eigenvalue weighted by Gasteiger charge is -2.16. The highest BCUT2D eigenvalue weighted by Gasteiger charge is 2.25. The van der Waals surface area contributed by atoms with E-state index < -0.39 is 0 Å². The van der Waals surface area contributed by atoms with E-state index in [1.165, 1.54) is 0 Å². The average molecular weight is 235 g/mol. The van der Waals surface area contributed by atoms with E-state index in [2.05, 4.69) is 29.4 Å². The van der Waals surface area contributed by atoms with Gasteiger partial charge in [0.15, 0.2) is 0 Å². The molecule has 1 saturated heterocycles. The Labute approximate surface area is 84.7 Å². The molecule has 1 fully saturated rings. The number of hydrogen-bond acceptors (Lipinski definition) is 1. The zero-order valence-corrected chi connectivity index (χ0v) is 9.14. The minimum Gasteiger partial charge on any atom is -0.374 e. The third kappa shape index (κ3) is 2.60. The van der Waals surface area contributed by atoms with Crippen molar-refractivity contribution in [1.82, 2.24) is 0 Å². The van der Waals surface area contributed by atoms with Crippen molar-refractivity contribution in [3.8, 4) is 0 Å². The summed E-state index contributed by atoms with van der Waals surface area (Å²) in [5, 5.41) is 1.01. The van der Waals surface area contributed by atoms with Crippen LogP contribution in [0.25, 0.3) is 0 Å². The lowest BCUT2D eigenvalue weighted by Crippen LogP contribution is -2.15. The van der Waals surface area contributed by atoms with Gasteiger partial charge in [0.05, 0.1) is 7.47 Å². The van der Waals surface area contributed by atoms with Crippen molar-refractivity contribution in [2.45, 2.75) is 32.3 Å². The number of rotatable bonds is 4. The molecule has 70 valence electrons. The van der Waals surface area contributed by atoms with Gasteiger partial charge in [-0.25, -0.2) is 0 Å². The number of alkyl halides is 1. The molecule has 1 aliphatic heterocycles. The first-order chi connectivity index (χ1) is 6.15. The largest absolute Gasteiger partial charge is 0.374 e. The van der Waals surface area contributed by atoms with Crippen LogP contribution in [-0.4, -0.2) is 18.0 Å². The molecule has 12 heavy (non-hydrogen) atoms. The van der Waals surface area contributed by atoms with E-state index >= 15 is 0 Å². The molecule has 0 aliphatic carbocycles. The van der Waals surface area contributed by atoms with Crippen LogP contribution in [0.5, 0.6) is 0 Å². The van der Waals surface area contributed by atoms with Crippen LogP contribution in [0, 0.1) is 5.92 Å². The molecule has 1 aliphatic rings. The first kappa shape index (κ1) is 8.76. The standard InChI is InChI=1S/C10H17BrO/c1-8(4-3-6-11)10-9(2)5-7-12-10/h9-10H,1,3-7H2,2H3/t9-,10+/m0/s1/i7T/t7-,9+,10-/m1. The predicted octanol–water partition coefficient (Wildman–Crippen LogP) is 3.14. The van der Waals surface area contributed by atoms with Crippen molar-refractivity contribution in [3.05, 3.63) is 12.2 Å². The van der Waals surface area contributed by atoms with Gasteiger partial charge in [-0.2, -0.15) is 0 Å². The van der Waals surface area contributed by atoms with Gasteiger partial charge in [0.25, 0.3) is 0 Å².